The SMILES string of the molecule is CCOC(=O)c1cc(C2CC2)nc2onc(CC=O)c12. The number of nitrogens with zero attached hydrogens (tertiary/aromatic N) is 2. The van der Waals surface area contributed by atoms with Gasteiger partial charge in [0, 0.05) is 18.0 Å². The summed E-state index contributed by atoms with van der Waals surface area (Å²) in [6.45, 7) is 2.04. The van der Waals surface area contributed by atoms with Crippen molar-refractivity contribution in [3.8, 4) is 0 Å². The molecule has 1 fully saturated rings. The molecule has 1 saturated carbocycles. The van der Waals surface area contributed by atoms with Crippen LogP contribution in [0.4, 0.5) is 0 Å². The standard InChI is InChI=1S/C14H14N2O4/c1-2-19-14(18)9-7-11(8-3-4-8)15-13-12(9)10(5-6-17)16-20-13/h6-8H,2-5H2,1H3. The van der Waals surface area contributed by atoms with Gasteiger partial charge in [-0.05, 0) is 25.8 Å². The number of aromatic nitrogens is 2. The molecule has 0 amide bonds. The maximum atomic E-state index is 12.1. The molecule has 1 aliphatic carbocycles. The minimum Gasteiger partial charge on any atom is -0.462 e. The van der Waals surface area contributed by atoms with Crippen LogP contribution in [0.1, 0.15) is 47.4 Å². The molecular formula is C14H14N2O4. The second-order valence-electron chi connectivity index (χ2n) is 4.77. The Morgan fingerprint density at radius 3 is 3.00 bits per heavy atom. The van der Waals surface area contributed by atoms with E-state index < -0.39 is 5.97 Å². The maximum Gasteiger partial charge on any atom is 0.339 e. The van der Waals surface area contributed by atoms with Crippen LogP contribution in [-0.4, -0.2) is 29.0 Å². The van der Waals surface area contributed by atoms with Crippen LogP contribution in [0.3, 0.4) is 0 Å². The number of hydrogen-bond acceptors (Lipinski definition) is 6. The van der Waals surface area contributed by atoms with Crippen LogP contribution in [0.25, 0.3) is 11.1 Å². The lowest BCUT2D eigenvalue weighted by Gasteiger charge is -2.05. The largest absolute Gasteiger partial charge is 0.462 e. The summed E-state index contributed by atoms with van der Waals surface area (Å²) in [5.41, 5.74) is 1.94. The highest BCUT2D eigenvalue weighted by Crippen LogP contribution is 2.40. The first-order chi connectivity index (χ1) is 9.74. The average molecular weight is 274 g/mol. The summed E-state index contributed by atoms with van der Waals surface area (Å²) in [5.74, 6) is -0.0515. The number of hydrogen-bond donors (Lipinski definition) is 0. The Kier molecular flexibility index (Phi) is 3.22. The molecule has 0 spiro atoms. The molecule has 0 N–H and O–H groups in total. The van der Waals surface area contributed by atoms with Gasteiger partial charge in [-0.1, -0.05) is 5.16 Å². The Morgan fingerprint density at radius 2 is 2.35 bits per heavy atom. The lowest BCUT2D eigenvalue weighted by molar-refractivity contribution is -0.107. The van der Waals surface area contributed by atoms with E-state index in [1.807, 2.05) is 0 Å². The number of aldehydes is 1. The quantitative estimate of drug-likeness (QED) is 0.612. The third kappa shape index (κ3) is 2.17. The molecule has 20 heavy (non-hydrogen) atoms. The molecule has 0 radical (unpaired) electrons. The van der Waals surface area contributed by atoms with Gasteiger partial charge in [-0.3, -0.25) is 0 Å². The van der Waals surface area contributed by atoms with E-state index in [2.05, 4.69) is 10.1 Å². The predicted octanol–water partition coefficient (Wildman–Crippen LogP) is 2.02. The van der Waals surface area contributed by atoms with Crippen molar-refractivity contribution in [1.29, 1.82) is 0 Å². The van der Waals surface area contributed by atoms with E-state index in [4.69, 9.17) is 9.26 Å². The lowest BCUT2D eigenvalue weighted by atomic mass is 10.1. The van der Waals surface area contributed by atoms with Gasteiger partial charge in [-0.2, -0.15) is 0 Å². The van der Waals surface area contributed by atoms with Gasteiger partial charge in [0.25, 0.3) is 5.71 Å². The van der Waals surface area contributed by atoms with Crippen molar-refractivity contribution in [2.24, 2.45) is 0 Å². The Hall–Kier alpha value is -2.24. The van der Waals surface area contributed by atoms with Crippen LogP contribution in [0.2, 0.25) is 0 Å². The van der Waals surface area contributed by atoms with Gasteiger partial charge >= 0.3 is 5.97 Å². The van der Waals surface area contributed by atoms with Gasteiger partial charge in [0.1, 0.15) is 12.0 Å². The van der Waals surface area contributed by atoms with Crippen LogP contribution in [0, 0.1) is 0 Å². The topological polar surface area (TPSA) is 82.3 Å². The van der Waals surface area contributed by atoms with Gasteiger partial charge < -0.3 is 14.1 Å². The molecule has 6 nitrogen and oxygen atoms in total. The van der Waals surface area contributed by atoms with Crippen molar-refractivity contribution in [3.05, 3.63) is 23.0 Å². The minimum absolute atomic E-state index is 0.0872. The average Bonchev–Trinajstić information content (AvgIpc) is 3.22. The van der Waals surface area contributed by atoms with Gasteiger partial charge in [-0.15, -0.1) is 0 Å². The Balaban J connectivity index is 2.17. The van der Waals surface area contributed by atoms with E-state index in [0.29, 0.717) is 28.3 Å². The predicted molar refractivity (Wildman–Crippen MR) is 69.5 cm³/mol. The second-order valence-corrected chi connectivity index (χ2v) is 4.77. The van der Waals surface area contributed by atoms with Crippen LogP contribution in [0.5, 0.6) is 0 Å². The fourth-order valence-corrected chi connectivity index (χ4v) is 2.21. The van der Waals surface area contributed by atoms with Crippen LogP contribution in [0.15, 0.2) is 10.6 Å². The summed E-state index contributed by atoms with van der Waals surface area (Å²) < 4.78 is 10.2. The number of ether oxygens (including phenoxy) is 1. The minimum atomic E-state index is -0.433. The normalized spacial score (nSPS) is 14.4. The molecule has 0 atom stereocenters. The van der Waals surface area contributed by atoms with Gasteiger partial charge in [0.2, 0.25) is 0 Å². The van der Waals surface area contributed by atoms with Crippen molar-refractivity contribution < 1.29 is 18.8 Å². The maximum absolute atomic E-state index is 12.1. The van der Waals surface area contributed by atoms with E-state index >= 15 is 0 Å². The van der Waals surface area contributed by atoms with E-state index in [1.54, 1.807) is 13.0 Å². The molecule has 6 heteroatoms. The summed E-state index contributed by atoms with van der Waals surface area (Å²) in [4.78, 5) is 27.2. The van der Waals surface area contributed by atoms with E-state index in [9.17, 15) is 9.59 Å². The molecule has 0 aliphatic heterocycles. The molecule has 1 aliphatic rings. The number of pyridine rings is 1. The lowest BCUT2D eigenvalue weighted by Crippen LogP contribution is -2.07. The first-order valence-corrected chi connectivity index (χ1v) is 6.64. The highest BCUT2D eigenvalue weighted by Gasteiger charge is 2.29. The molecule has 2 aromatic rings. The number of fused-ring (bicyclic) bond motifs is 1. The molecular weight excluding hydrogens is 260 g/mol. The first kappa shape index (κ1) is 12.8. The van der Waals surface area contributed by atoms with Crippen molar-refractivity contribution in [3.63, 3.8) is 0 Å². The third-order valence-corrected chi connectivity index (χ3v) is 3.30. The summed E-state index contributed by atoms with van der Waals surface area (Å²) in [6, 6.07) is 1.74. The summed E-state index contributed by atoms with van der Waals surface area (Å²) in [6.07, 6.45) is 2.94. The number of esters is 1. The molecule has 2 aromatic heterocycles. The summed E-state index contributed by atoms with van der Waals surface area (Å²) in [7, 11) is 0. The number of carbonyl (C=O) groups is 2. The first-order valence-electron chi connectivity index (χ1n) is 6.64. The zero-order valence-corrected chi connectivity index (χ0v) is 11.1. The molecule has 0 aromatic carbocycles. The van der Waals surface area contributed by atoms with E-state index in [1.165, 1.54) is 0 Å². The fraction of sp³-hybridized carbons (Fsp3) is 0.429. The molecule has 0 saturated heterocycles. The Morgan fingerprint density at radius 1 is 1.55 bits per heavy atom. The van der Waals surface area contributed by atoms with Crippen molar-refractivity contribution in [1.82, 2.24) is 10.1 Å². The molecule has 0 bridgehead atoms. The molecule has 0 unspecified atom stereocenters. The highest BCUT2D eigenvalue weighted by molar-refractivity contribution is 6.03. The Bertz CT molecular complexity index is 673. The van der Waals surface area contributed by atoms with Crippen molar-refractivity contribution >= 4 is 23.4 Å². The summed E-state index contributed by atoms with van der Waals surface area (Å²) in [5, 5.41) is 4.32. The fourth-order valence-electron chi connectivity index (χ4n) is 2.21. The monoisotopic (exact) mass is 274 g/mol. The van der Waals surface area contributed by atoms with Crippen molar-refractivity contribution in [2.45, 2.75) is 32.1 Å². The molecule has 104 valence electrons. The van der Waals surface area contributed by atoms with Gasteiger partial charge in [-0.25, -0.2) is 9.78 Å². The molecule has 2 heterocycles. The van der Waals surface area contributed by atoms with E-state index in [0.717, 1.165) is 24.8 Å². The van der Waals surface area contributed by atoms with Crippen LogP contribution >= 0.6 is 0 Å². The Labute approximate surface area is 115 Å². The van der Waals surface area contributed by atoms with Crippen molar-refractivity contribution in [2.75, 3.05) is 6.61 Å². The number of rotatable bonds is 5. The van der Waals surface area contributed by atoms with E-state index in [-0.39, 0.29) is 13.0 Å². The van der Waals surface area contributed by atoms with Gasteiger partial charge in [0.05, 0.1) is 17.6 Å². The second kappa shape index (κ2) is 5.03. The number of carbonyl (C=O) groups excluding carboxylic acids is 2. The molecule has 3 rings (SSSR count). The smallest absolute Gasteiger partial charge is 0.339 e. The third-order valence-electron chi connectivity index (χ3n) is 3.30. The van der Waals surface area contributed by atoms with Crippen LogP contribution < -0.4 is 0 Å². The highest BCUT2D eigenvalue weighted by atomic mass is 16.5. The zero-order valence-electron chi connectivity index (χ0n) is 11.1. The van der Waals surface area contributed by atoms with Crippen LogP contribution in [-0.2, 0) is 16.0 Å². The van der Waals surface area contributed by atoms with Gasteiger partial charge in [0.15, 0.2) is 0 Å². The zero-order chi connectivity index (χ0) is 14.1. The summed E-state index contributed by atoms with van der Waals surface area (Å²) >= 11 is 0.